The van der Waals surface area contributed by atoms with Crippen molar-refractivity contribution in [3.63, 3.8) is 0 Å². The average Bonchev–Trinajstić information content (AvgIpc) is 2.78. The van der Waals surface area contributed by atoms with Crippen molar-refractivity contribution in [2.75, 3.05) is 0 Å². The Bertz CT molecular complexity index is 636. The van der Waals surface area contributed by atoms with Crippen LogP contribution in [-0.4, -0.2) is 18.6 Å². The first kappa shape index (κ1) is 13.2. The number of hydrogen-bond donors (Lipinski definition) is 0. The van der Waals surface area contributed by atoms with Crippen molar-refractivity contribution in [1.29, 1.82) is 0 Å². The van der Waals surface area contributed by atoms with Crippen molar-refractivity contribution >= 4 is 21.2 Å². The van der Waals surface area contributed by atoms with Crippen molar-refractivity contribution in [1.82, 2.24) is 10.1 Å². The molecule has 2 aromatic rings. The van der Waals surface area contributed by atoms with E-state index in [0.29, 0.717) is 17.0 Å². The Morgan fingerprint density at radius 3 is 2.50 bits per heavy atom. The molecule has 7 heteroatoms. The minimum Gasteiger partial charge on any atom is -0.361 e. The maximum Gasteiger partial charge on any atom is 0.159 e. The van der Waals surface area contributed by atoms with Gasteiger partial charge in [-0.25, -0.2) is 13.4 Å². The third-order valence-electron chi connectivity index (χ3n) is 2.58. The molecule has 2 heterocycles. The van der Waals surface area contributed by atoms with Crippen LogP contribution in [0.2, 0.25) is 0 Å². The highest BCUT2D eigenvalue weighted by Gasteiger charge is 2.20. The van der Waals surface area contributed by atoms with E-state index in [0.717, 1.165) is 9.88 Å². The molecule has 0 N–H and O–H groups in total. The molecule has 0 aromatic carbocycles. The van der Waals surface area contributed by atoms with E-state index in [2.05, 4.69) is 10.1 Å². The fourth-order valence-corrected chi connectivity index (χ4v) is 4.49. The van der Waals surface area contributed by atoms with Crippen LogP contribution in [0.25, 0.3) is 0 Å². The standard InChI is InChI=1S/C11H14N2O3S2/c1-7-11(8(2)16-13-7)6-18(14,15)5-10-4-12-9(3)17-10/h4H,5-6H2,1-3H3. The molecular weight excluding hydrogens is 272 g/mol. The Morgan fingerprint density at radius 2 is 2.00 bits per heavy atom. The van der Waals surface area contributed by atoms with Crippen LogP contribution in [0.15, 0.2) is 10.7 Å². The van der Waals surface area contributed by atoms with Crippen molar-refractivity contribution in [2.24, 2.45) is 0 Å². The molecule has 0 spiro atoms. The molecule has 0 fully saturated rings. The molecule has 0 amide bonds. The average molecular weight is 286 g/mol. The maximum absolute atomic E-state index is 12.1. The number of sulfone groups is 1. The normalized spacial score (nSPS) is 11.9. The summed E-state index contributed by atoms with van der Waals surface area (Å²) in [5.74, 6) is 0.546. The fraction of sp³-hybridized carbons (Fsp3) is 0.455. The lowest BCUT2D eigenvalue weighted by Crippen LogP contribution is -2.08. The summed E-state index contributed by atoms with van der Waals surface area (Å²) < 4.78 is 29.2. The van der Waals surface area contributed by atoms with Gasteiger partial charge < -0.3 is 4.52 Å². The highest BCUT2D eigenvalue weighted by atomic mass is 32.2. The molecule has 0 aliphatic heterocycles. The molecular formula is C11H14N2O3S2. The lowest BCUT2D eigenvalue weighted by molar-refractivity contribution is 0.392. The van der Waals surface area contributed by atoms with Crippen LogP contribution in [-0.2, 0) is 21.3 Å². The SMILES string of the molecule is Cc1ncc(CS(=O)(=O)Cc2c(C)noc2C)s1. The number of aromatic nitrogens is 2. The van der Waals surface area contributed by atoms with E-state index in [1.54, 1.807) is 20.0 Å². The van der Waals surface area contributed by atoms with E-state index < -0.39 is 9.84 Å². The molecule has 0 bridgehead atoms. The van der Waals surface area contributed by atoms with Gasteiger partial charge in [-0.1, -0.05) is 5.16 Å². The van der Waals surface area contributed by atoms with Crippen LogP contribution < -0.4 is 0 Å². The Hall–Kier alpha value is -1.21. The van der Waals surface area contributed by atoms with Crippen molar-refractivity contribution in [2.45, 2.75) is 32.3 Å². The van der Waals surface area contributed by atoms with Crippen LogP contribution in [0, 0.1) is 20.8 Å². The molecule has 5 nitrogen and oxygen atoms in total. The first-order valence-electron chi connectivity index (χ1n) is 5.41. The van der Waals surface area contributed by atoms with E-state index >= 15 is 0 Å². The van der Waals surface area contributed by atoms with Gasteiger partial charge in [0.15, 0.2) is 9.84 Å². The summed E-state index contributed by atoms with van der Waals surface area (Å²) in [7, 11) is -3.22. The molecule has 98 valence electrons. The summed E-state index contributed by atoms with van der Waals surface area (Å²) in [5.41, 5.74) is 1.30. The Morgan fingerprint density at radius 1 is 1.28 bits per heavy atom. The summed E-state index contributed by atoms with van der Waals surface area (Å²) >= 11 is 1.41. The minimum absolute atomic E-state index is 0.0164. The second-order valence-electron chi connectivity index (χ2n) is 4.18. The molecule has 2 rings (SSSR count). The van der Waals surface area contributed by atoms with Crippen LogP contribution in [0.1, 0.15) is 26.9 Å². The van der Waals surface area contributed by atoms with Gasteiger partial charge >= 0.3 is 0 Å². The molecule has 18 heavy (non-hydrogen) atoms. The third kappa shape index (κ3) is 2.97. The molecule has 0 aliphatic carbocycles. The van der Waals surface area contributed by atoms with Crippen molar-refractivity contribution < 1.29 is 12.9 Å². The molecule has 2 aromatic heterocycles. The molecule has 0 radical (unpaired) electrons. The van der Waals surface area contributed by atoms with Crippen LogP contribution >= 0.6 is 11.3 Å². The number of aryl methyl sites for hydroxylation is 3. The number of rotatable bonds is 4. The highest BCUT2D eigenvalue weighted by Crippen LogP contribution is 2.20. The van der Waals surface area contributed by atoms with Crippen molar-refractivity contribution in [3.8, 4) is 0 Å². The highest BCUT2D eigenvalue weighted by molar-refractivity contribution is 7.90. The minimum atomic E-state index is -3.22. The summed E-state index contributed by atoms with van der Waals surface area (Å²) in [6.07, 6.45) is 1.62. The van der Waals surface area contributed by atoms with Gasteiger partial charge in [-0.3, -0.25) is 0 Å². The van der Waals surface area contributed by atoms with Crippen molar-refractivity contribution in [3.05, 3.63) is 33.1 Å². The largest absolute Gasteiger partial charge is 0.361 e. The van der Waals surface area contributed by atoms with Gasteiger partial charge in [-0.05, 0) is 20.8 Å². The predicted octanol–water partition coefficient (Wildman–Crippen LogP) is 2.17. The molecule has 0 saturated carbocycles. The number of nitrogens with zero attached hydrogens (tertiary/aromatic N) is 2. The summed E-state index contributed by atoms with van der Waals surface area (Å²) in [6.45, 7) is 5.33. The number of thiazole rings is 1. The first-order chi connectivity index (χ1) is 8.37. The third-order valence-corrected chi connectivity index (χ3v) is 5.15. The lowest BCUT2D eigenvalue weighted by atomic mass is 10.2. The van der Waals surface area contributed by atoms with Gasteiger partial charge in [0, 0.05) is 16.6 Å². The second-order valence-corrected chi connectivity index (χ2v) is 7.56. The monoisotopic (exact) mass is 286 g/mol. The lowest BCUT2D eigenvalue weighted by Gasteiger charge is -2.01. The molecule has 0 unspecified atom stereocenters. The smallest absolute Gasteiger partial charge is 0.159 e. The molecule has 0 atom stereocenters. The van der Waals surface area contributed by atoms with Gasteiger partial charge in [-0.15, -0.1) is 11.3 Å². The maximum atomic E-state index is 12.1. The summed E-state index contributed by atoms with van der Waals surface area (Å²) in [4.78, 5) is 4.82. The zero-order valence-electron chi connectivity index (χ0n) is 10.4. The number of hydrogen-bond acceptors (Lipinski definition) is 6. The van der Waals surface area contributed by atoms with E-state index in [1.807, 2.05) is 6.92 Å². The van der Waals surface area contributed by atoms with E-state index in [-0.39, 0.29) is 11.5 Å². The molecule has 0 aliphatic rings. The summed E-state index contributed by atoms with van der Waals surface area (Å²) in [5, 5.41) is 4.64. The van der Waals surface area contributed by atoms with E-state index in [1.165, 1.54) is 11.3 Å². The fourth-order valence-electron chi connectivity index (χ4n) is 1.67. The van der Waals surface area contributed by atoms with Gasteiger partial charge in [0.05, 0.1) is 22.2 Å². The molecule has 0 saturated heterocycles. The van der Waals surface area contributed by atoms with Crippen LogP contribution in [0.3, 0.4) is 0 Å². The predicted molar refractivity (Wildman–Crippen MR) is 69.2 cm³/mol. The topological polar surface area (TPSA) is 73.1 Å². The zero-order chi connectivity index (χ0) is 13.3. The summed E-state index contributed by atoms with van der Waals surface area (Å²) in [6, 6.07) is 0. The van der Waals surface area contributed by atoms with Gasteiger partial charge in [0.2, 0.25) is 0 Å². The Balaban J connectivity index is 2.18. The first-order valence-corrected chi connectivity index (χ1v) is 8.04. The second kappa shape index (κ2) is 4.81. The van der Waals surface area contributed by atoms with Gasteiger partial charge in [-0.2, -0.15) is 0 Å². The zero-order valence-corrected chi connectivity index (χ0v) is 12.1. The Kier molecular flexibility index (Phi) is 3.54. The Labute approximate surface area is 110 Å². The van der Waals surface area contributed by atoms with E-state index in [4.69, 9.17) is 4.52 Å². The van der Waals surface area contributed by atoms with Crippen LogP contribution in [0.4, 0.5) is 0 Å². The van der Waals surface area contributed by atoms with Gasteiger partial charge in [0.25, 0.3) is 0 Å². The quantitative estimate of drug-likeness (QED) is 0.861. The van der Waals surface area contributed by atoms with E-state index in [9.17, 15) is 8.42 Å². The van der Waals surface area contributed by atoms with Crippen LogP contribution in [0.5, 0.6) is 0 Å². The van der Waals surface area contributed by atoms with Gasteiger partial charge in [0.1, 0.15) is 5.76 Å².